The van der Waals surface area contributed by atoms with E-state index in [1.54, 1.807) is 0 Å². The number of unbranched alkanes of at least 4 members (excludes halogenated alkanes) is 14. The lowest BCUT2D eigenvalue weighted by atomic mass is 10.1. The van der Waals surface area contributed by atoms with Gasteiger partial charge in [0.15, 0.2) is 0 Å². The summed E-state index contributed by atoms with van der Waals surface area (Å²) in [5, 5.41) is 0. The molecule has 0 amide bonds. The lowest BCUT2D eigenvalue weighted by Crippen LogP contribution is -2.57. The molecule has 0 N–H and O–H groups in total. The van der Waals surface area contributed by atoms with Gasteiger partial charge in [-0.15, -0.1) is 0 Å². The van der Waals surface area contributed by atoms with Crippen molar-refractivity contribution >= 4 is 109 Å². The second kappa shape index (κ2) is 26.7. The van der Waals surface area contributed by atoms with Gasteiger partial charge in [0.2, 0.25) is 0 Å². The van der Waals surface area contributed by atoms with Crippen LogP contribution in [0.15, 0.2) is 0 Å². The van der Waals surface area contributed by atoms with Crippen LogP contribution in [0.25, 0.3) is 0 Å². The molecule has 56 heavy (non-hydrogen) atoms. The highest BCUT2D eigenvalue weighted by atomic mass is 28.5. The van der Waals surface area contributed by atoms with E-state index >= 15 is 0 Å². The van der Waals surface area contributed by atoms with E-state index in [4.69, 9.17) is 49.4 Å². The summed E-state index contributed by atoms with van der Waals surface area (Å²) in [5.41, 5.74) is 0. The van der Waals surface area contributed by atoms with Crippen molar-refractivity contribution in [2.75, 3.05) is 0 Å². The van der Waals surface area contributed by atoms with Crippen LogP contribution in [-0.4, -0.2) is 109 Å². The van der Waals surface area contributed by atoms with Gasteiger partial charge in [-0.3, -0.25) is 0 Å². The normalized spacial score (nSPS) is 28.1. The molecule has 3 fully saturated rings. The van der Waals surface area contributed by atoms with Crippen molar-refractivity contribution < 1.29 is 49.4 Å². The second-order valence-corrected chi connectivity index (χ2v) is 45.1. The number of rotatable bonds is 22. The second-order valence-electron chi connectivity index (χ2n) is 16.3. The fourth-order valence-electron chi connectivity index (χ4n) is 7.81. The average Bonchev–Trinajstić information content (AvgIpc) is 3.03. The smallest absolute Gasteiger partial charge is 0.362 e. The minimum absolute atomic E-state index is 1.02. The molecule has 0 bridgehead atoms. The van der Waals surface area contributed by atoms with E-state index in [2.05, 4.69) is 65.5 Å². The maximum Gasteiger partial charge on any atom is 0.362 e. The molecule has 3 heterocycles. The molecular weight excluding hydrogens is 913 g/mol. The number of hydrogen-bond donors (Lipinski definition) is 0. The van der Waals surface area contributed by atoms with E-state index in [0.717, 1.165) is 49.9 Å². The Balaban J connectivity index is 1.21. The van der Waals surface area contributed by atoms with E-state index in [1.165, 1.54) is 77.0 Å². The Morgan fingerprint density at radius 1 is 0.232 bits per heavy atom. The highest BCUT2D eigenvalue weighted by molar-refractivity contribution is 6.85. The Labute approximate surface area is 361 Å². The van der Waals surface area contributed by atoms with Crippen LogP contribution in [-0.2, 0) is 49.4 Å². The van der Waals surface area contributed by atoms with Crippen molar-refractivity contribution in [3.8, 4) is 0 Å². The zero-order valence-electron chi connectivity index (χ0n) is 37.0. The molecule has 3 saturated heterocycles. The maximum atomic E-state index is 6.70. The molecule has 3 aliphatic rings. The van der Waals surface area contributed by atoms with Crippen LogP contribution in [0, 0.1) is 0 Å². The molecule has 0 atom stereocenters. The van der Waals surface area contributed by atoms with Gasteiger partial charge >= 0.3 is 109 Å². The zero-order chi connectivity index (χ0) is 41.2. The third-order valence-electron chi connectivity index (χ3n) is 10.1. The summed E-state index contributed by atoms with van der Waals surface area (Å²) in [5.74, 6) is 0. The molecule has 324 valence electrons. The van der Waals surface area contributed by atoms with Crippen molar-refractivity contribution in [2.24, 2.45) is 0 Å². The van der Waals surface area contributed by atoms with Gasteiger partial charge < -0.3 is 49.4 Å². The third-order valence-corrected chi connectivity index (χ3v) is 47.3. The van der Waals surface area contributed by atoms with Gasteiger partial charge in [-0.25, -0.2) is 0 Å². The summed E-state index contributed by atoms with van der Waals surface area (Å²) in [6.07, 6.45) is 19.8. The molecule has 0 unspecified atom stereocenters. The summed E-state index contributed by atoms with van der Waals surface area (Å²) < 4.78 is 76.3. The predicted molar refractivity (Wildman–Crippen MR) is 246 cm³/mol. The zero-order valence-corrected chi connectivity index (χ0v) is 49.0. The van der Waals surface area contributed by atoms with Crippen LogP contribution in [0.2, 0.25) is 103 Å². The lowest BCUT2D eigenvalue weighted by molar-refractivity contribution is 0.255. The highest BCUT2D eigenvalue weighted by Crippen LogP contribution is 2.30. The number of hydrogen-bond acceptors (Lipinski definition) is 12. The molecular formula is C32H76O12Si12. The predicted octanol–water partition coefficient (Wildman–Crippen LogP) is 9.70. The van der Waals surface area contributed by atoms with Crippen LogP contribution >= 0.6 is 0 Å². The Morgan fingerprint density at radius 2 is 0.393 bits per heavy atom. The lowest BCUT2D eigenvalue weighted by Gasteiger charge is -2.40. The van der Waals surface area contributed by atoms with Crippen LogP contribution in [0.5, 0.6) is 0 Å². The fourth-order valence-corrected chi connectivity index (χ4v) is 47.1. The average molecular weight is 990 g/mol. The Bertz CT molecular complexity index is 963. The maximum absolute atomic E-state index is 6.70. The molecule has 3 rings (SSSR count). The standard InChI is InChI=1S/C32H76O12Si12/c1-45-33-47(3)37-53(9,38-48(4)34-45)29-25-21-17-13-15-19-23-27-31-55(11)41-51(7)43-56(12,44-52(8)42-55)32-28-24-20-16-14-18-22-26-30-54(10)39-49(5)35-46(2)36-50(6)40-54/h13-32H2,1-12H3. The van der Waals surface area contributed by atoms with Gasteiger partial charge in [-0.1, -0.05) is 103 Å². The topological polar surface area (TPSA) is 111 Å². The first kappa shape index (κ1) is 52.5. The summed E-state index contributed by atoms with van der Waals surface area (Å²) in [6.45, 7) is 25.5. The summed E-state index contributed by atoms with van der Waals surface area (Å²) in [7, 11) is -19.5. The van der Waals surface area contributed by atoms with E-state index in [9.17, 15) is 0 Å². The van der Waals surface area contributed by atoms with E-state index in [-0.39, 0.29) is 0 Å². The molecule has 0 aliphatic carbocycles. The van der Waals surface area contributed by atoms with Gasteiger partial charge in [0.05, 0.1) is 0 Å². The van der Waals surface area contributed by atoms with Crippen LogP contribution in [0.3, 0.4) is 0 Å². The van der Waals surface area contributed by atoms with Crippen molar-refractivity contribution in [3.63, 3.8) is 0 Å². The van der Waals surface area contributed by atoms with Crippen LogP contribution in [0.1, 0.15) is 103 Å². The summed E-state index contributed by atoms with van der Waals surface area (Å²) in [6, 6.07) is 4.10. The first-order valence-corrected chi connectivity index (χ1v) is 45.9. The first-order valence-electron chi connectivity index (χ1n) is 21.3. The van der Waals surface area contributed by atoms with Crippen LogP contribution < -0.4 is 0 Å². The van der Waals surface area contributed by atoms with E-state index in [1.807, 2.05) is 13.1 Å². The van der Waals surface area contributed by atoms with Gasteiger partial charge in [0.1, 0.15) is 0 Å². The van der Waals surface area contributed by atoms with Crippen molar-refractivity contribution in [1.82, 2.24) is 0 Å². The molecule has 0 aromatic carbocycles. The third kappa shape index (κ3) is 22.0. The van der Waals surface area contributed by atoms with Crippen molar-refractivity contribution in [2.45, 2.75) is 205 Å². The Kier molecular flexibility index (Phi) is 25.0. The highest BCUT2D eigenvalue weighted by Gasteiger charge is 2.46. The summed E-state index contributed by atoms with van der Waals surface area (Å²) in [4.78, 5) is 0. The fraction of sp³-hybridized carbons (Fsp3) is 1.00. The molecule has 0 spiro atoms. The van der Waals surface area contributed by atoms with Gasteiger partial charge in [0, 0.05) is 0 Å². The van der Waals surface area contributed by atoms with Gasteiger partial charge in [-0.2, -0.15) is 0 Å². The monoisotopic (exact) mass is 988 g/mol. The van der Waals surface area contributed by atoms with Gasteiger partial charge in [0.25, 0.3) is 0 Å². The molecule has 8 radical (unpaired) electrons. The Morgan fingerprint density at radius 3 is 0.589 bits per heavy atom. The molecule has 0 aromatic rings. The molecule has 12 nitrogen and oxygen atoms in total. The summed E-state index contributed by atoms with van der Waals surface area (Å²) >= 11 is 0. The van der Waals surface area contributed by atoms with Crippen LogP contribution in [0.4, 0.5) is 0 Å². The van der Waals surface area contributed by atoms with Gasteiger partial charge in [-0.05, 0) is 103 Å². The van der Waals surface area contributed by atoms with E-state index in [0.29, 0.717) is 0 Å². The minimum atomic E-state index is -2.32. The SMILES string of the molecule is C[Si]1O[Si](C)O[Si](C)(CCCCCCCCCC[Si]2(C)O[Si](C)O[Si](C)(CCCCCCCCCC[Si]3(C)O[Si](C)O[Si](C)O[Si](C)O3)O[Si](C)O2)O[Si](C)O1. The quantitative estimate of drug-likeness (QED) is 0.0761. The minimum Gasteiger partial charge on any atom is -0.415 e. The Hall–Kier alpha value is 2.12. The largest absolute Gasteiger partial charge is 0.415 e. The molecule has 0 aromatic heterocycles. The molecule has 0 saturated carbocycles. The van der Waals surface area contributed by atoms with Crippen molar-refractivity contribution in [1.29, 1.82) is 0 Å². The molecule has 3 aliphatic heterocycles. The first-order chi connectivity index (χ1) is 26.4. The van der Waals surface area contributed by atoms with Crippen molar-refractivity contribution in [3.05, 3.63) is 0 Å². The van der Waals surface area contributed by atoms with E-state index < -0.39 is 109 Å². The molecule has 24 heteroatoms.